The van der Waals surface area contributed by atoms with Gasteiger partial charge in [-0.3, -0.25) is 4.90 Å². The quantitative estimate of drug-likeness (QED) is 0.772. The second-order valence-electron chi connectivity index (χ2n) is 8.25. The van der Waals surface area contributed by atoms with Crippen molar-refractivity contribution in [1.82, 2.24) is 14.6 Å². The van der Waals surface area contributed by atoms with E-state index >= 15 is 0 Å². The van der Waals surface area contributed by atoms with E-state index in [0.29, 0.717) is 30.1 Å². The van der Waals surface area contributed by atoms with Gasteiger partial charge in [-0.1, -0.05) is 0 Å². The van der Waals surface area contributed by atoms with E-state index in [0.717, 1.165) is 51.0 Å². The Balaban J connectivity index is 1.25. The number of likely N-dealkylation sites (tertiary alicyclic amines) is 1. The molecular weight excluding hydrogens is 358 g/mol. The van der Waals surface area contributed by atoms with Crippen LogP contribution >= 0.6 is 11.3 Å². The number of hydrogen-bond donors (Lipinski definition) is 1. The van der Waals surface area contributed by atoms with Crippen molar-refractivity contribution in [3.8, 4) is 0 Å². The van der Waals surface area contributed by atoms with Gasteiger partial charge in [0.2, 0.25) is 10.0 Å². The van der Waals surface area contributed by atoms with Gasteiger partial charge in [0.25, 0.3) is 0 Å². The summed E-state index contributed by atoms with van der Waals surface area (Å²) < 4.78 is 33.8. The number of sulfonamides is 1. The molecule has 4 heterocycles. The molecule has 138 valence electrons. The zero-order valence-electron chi connectivity index (χ0n) is 14.3. The van der Waals surface area contributed by atoms with E-state index < -0.39 is 10.0 Å². The molecule has 0 aromatic carbocycles. The van der Waals surface area contributed by atoms with E-state index in [2.05, 4.69) is 20.0 Å². The molecule has 1 saturated carbocycles. The summed E-state index contributed by atoms with van der Waals surface area (Å²) >= 11 is 1.63. The molecule has 0 unspecified atom stereocenters. The maximum absolute atomic E-state index is 12.2. The van der Waals surface area contributed by atoms with Gasteiger partial charge in [0, 0.05) is 43.4 Å². The van der Waals surface area contributed by atoms with Crippen molar-refractivity contribution in [2.45, 2.75) is 43.9 Å². The molecule has 2 bridgehead atoms. The topological polar surface area (TPSA) is 71.5 Å². The summed E-state index contributed by atoms with van der Waals surface area (Å²) in [5.41, 5.74) is 2.95. The van der Waals surface area contributed by atoms with Crippen LogP contribution in [0.4, 0.5) is 0 Å². The van der Waals surface area contributed by atoms with E-state index in [1.54, 1.807) is 11.3 Å². The second kappa shape index (κ2) is 5.99. The van der Waals surface area contributed by atoms with Crippen LogP contribution in [0.25, 0.3) is 0 Å². The average Bonchev–Trinajstić information content (AvgIpc) is 2.97. The van der Waals surface area contributed by atoms with Gasteiger partial charge in [-0.15, -0.1) is 11.3 Å². The summed E-state index contributed by atoms with van der Waals surface area (Å²) in [6.45, 7) is 3.35. The maximum Gasteiger partial charge on any atom is 0.211 e. The first kappa shape index (κ1) is 16.6. The molecule has 8 heteroatoms. The third kappa shape index (κ3) is 3.16. The fourth-order valence-corrected chi connectivity index (χ4v) is 7.17. The van der Waals surface area contributed by atoms with Gasteiger partial charge >= 0.3 is 0 Å². The molecule has 4 atom stereocenters. The van der Waals surface area contributed by atoms with Gasteiger partial charge in [-0.05, 0) is 31.6 Å². The fourth-order valence-electron chi connectivity index (χ4n) is 5.10. The van der Waals surface area contributed by atoms with Crippen molar-refractivity contribution in [3.05, 3.63) is 16.6 Å². The van der Waals surface area contributed by atoms with Crippen LogP contribution in [0.5, 0.6) is 0 Å². The Morgan fingerprint density at radius 2 is 2.28 bits per heavy atom. The molecule has 0 amide bonds. The third-order valence-corrected chi connectivity index (χ3v) is 8.57. The second-order valence-corrected chi connectivity index (χ2v) is 10.8. The smallest absolute Gasteiger partial charge is 0.211 e. The van der Waals surface area contributed by atoms with Crippen LogP contribution in [0.15, 0.2) is 10.9 Å². The minimum Gasteiger partial charge on any atom is -0.370 e. The average molecular weight is 384 g/mol. The van der Waals surface area contributed by atoms with Gasteiger partial charge in [-0.2, -0.15) is 0 Å². The van der Waals surface area contributed by atoms with Crippen molar-refractivity contribution in [3.63, 3.8) is 0 Å². The van der Waals surface area contributed by atoms with E-state index in [-0.39, 0.29) is 11.7 Å². The lowest BCUT2D eigenvalue weighted by atomic mass is 9.74. The number of nitrogens with zero attached hydrogens (tertiary/aromatic N) is 2. The minimum atomic E-state index is -3.14. The first-order chi connectivity index (χ1) is 12.0. The highest BCUT2D eigenvalue weighted by atomic mass is 32.2. The normalized spacial score (nSPS) is 37.7. The number of ether oxygens (including phenoxy) is 1. The lowest BCUT2D eigenvalue weighted by molar-refractivity contribution is 0.00212. The van der Waals surface area contributed by atoms with Crippen LogP contribution in [0.2, 0.25) is 0 Å². The third-order valence-electron chi connectivity index (χ3n) is 6.41. The molecule has 25 heavy (non-hydrogen) atoms. The summed E-state index contributed by atoms with van der Waals surface area (Å²) in [4.78, 5) is 6.84. The molecule has 5 rings (SSSR count). The molecule has 0 radical (unpaired) electrons. The Morgan fingerprint density at radius 3 is 3.04 bits per heavy atom. The molecule has 3 aliphatic heterocycles. The number of fused-ring (bicyclic) bond motifs is 1. The minimum absolute atomic E-state index is 0.0483. The lowest BCUT2D eigenvalue weighted by Crippen LogP contribution is -2.42. The molecule has 3 saturated heterocycles. The first-order valence-electron chi connectivity index (χ1n) is 9.28. The molecule has 4 aliphatic rings. The van der Waals surface area contributed by atoms with Crippen LogP contribution in [0.3, 0.4) is 0 Å². The predicted octanol–water partition coefficient (Wildman–Crippen LogP) is 1.45. The van der Waals surface area contributed by atoms with E-state index in [1.807, 2.05) is 5.51 Å². The molecule has 1 aromatic heterocycles. The molecule has 1 spiro atoms. The standard InChI is InChI=1S/C17H25N3O3S2/c21-25(22,9-12-1-2-12)19-5-14-15-7-20(6-13-8-24-11-18-13)10-17(15)4-3-16(14)23-17/h8,11-12,14-16,19H,1-7,9-10H2/t14-,15+,16+,17+/m0/s1. The molecule has 1 aliphatic carbocycles. The van der Waals surface area contributed by atoms with Crippen LogP contribution in [0.1, 0.15) is 31.4 Å². The van der Waals surface area contributed by atoms with Crippen LogP contribution < -0.4 is 4.72 Å². The van der Waals surface area contributed by atoms with Gasteiger partial charge in [0.05, 0.1) is 28.7 Å². The van der Waals surface area contributed by atoms with Crippen LogP contribution in [-0.4, -0.2) is 55.4 Å². The molecule has 6 nitrogen and oxygen atoms in total. The summed E-state index contributed by atoms with van der Waals surface area (Å²) in [5.74, 6) is 1.44. The van der Waals surface area contributed by atoms with E-state index in [9.17, 15) is 8.42 Å². The maximum atomic E-state index is 12.2. The molecule has 4 fully saturated rings. The Kier molecular flexibility index (Phi) is 3.98. The Hall–Kier alpha value is -0.540. The summed E-state index contributed by atoms with van der Waals surface area (Å²) in [7, 11) is -3.14. The van der Waals surface area contributed by atoms with Gasteiger partial charge in [0.15, 0.2) is 0 Å². The SMILES string of the molecule is O=S(=O)(CC1CC1)NC[C@H]1[C@H]2CN(Cc3cscn3)C[C@]23CC[C@H]1O3. The van der Waals surface area contributed by atoms with Gasteiger partial charge in [-0.25, -0.2) is 18.1 Å². The van der Waals surface area contributed by atoms with Crippen molar-refractivity contribution in [2.24, 2.45) is 17.8 Å². The largest absolute Gasteiger partial charge is 0.370 e. The number of nitrogens with one attached hydrogen (secondary N) is 1. The van der Waals surface area contributed by atoms with Crippen molar-refractivity contribution in [2.75, 3.05) is 25.4 Å². The Morgan fingerprint density at radius 1 is 1.40 bits per heavy atom. The first-order valence-corrected chi connectivity index (χ1v) is 11.9. The molecular formula is C17H25N3O3S2. The van der Waals surface area contributed by atoms with Gasteiger partial charge < -0.3 is 4.74 Å². The molecule has 1 aromatic rings. The fraction of sp³-hybridized carbons (Fsp3) is 0.824. The van der Waals surface area contributed by atoms with Crippen molar-refractivity contribution in [1.29, 1.82) is 0 Å². The Labute approximate surface area is 153 Å². The number of hydrogen-bond acceptors (Lipinski definition) is 6. The number of aromatic nitrogens is 1. The van der Waals surface area contributed by atoms with E-state index in [4.69, 9.17) is 4.74 Å². The van der Waals surface area contributed by atoms with E-state index in [1.165, 1.54) is 0 Å². The van der Waals surface area contributed by atoms with Crippen LogP contribution in [-0.2, 0) is 21.3 Å². The highest BCUT2D eigenvalue weighted by Gasteiger charge is 2.62. The molecule has 1 N–H and O–H groups in total. The highest BCUT2D eigenvalue weighted by molar-refractivity contribution is 7.89. The summed E-state index contributed by atoms with van der Waals surface area (Å²) in [6.07, 6.45) is 4.54. The Bertz CT molecular complexity index is 734. The van der Waals surface area contributed by atoms with Crippen molar-refractivity contribution >= 4 is 21.4 Å². The highest BCUT2D eigenvalue weighted by Crippen LogP contribution is 2.54. The lowest BCUT2D eigenvalue weighted by Gasteiger charge is -2.29. The number of rotatable bonds is 7. The zero-order chi connectivity index (χ0) is 17.1. The predicted molar refractivity (Wildman–Crippen MR) is 95.7 cm³/mol. The zero-order valence-corrected chi connectivity index (χ0v) is 15.9. The van der Waals surface area contributed by atoms with Gasteiger partial charge in [0.1, 0.15) is 0 Å². The summed E-state index contributed by atoms with van der Waals surface area (Å²) in [5, 5.41) is 2.10. The number of thiazole rings is 1. The summed E-state index contributed by atoms with van der Waals surface area (Å²) in [6, 6.07) is 0. The monoisotopic (exact) mass is 383 g/mol. The van der Waals surface area contributed by atoms with Crippen LogP contribution in [0, 0.1) is 17.8 Å². The van der Waals surface area contributed by atoms with Crippen molar-refractivity contribution < 1.29 is 13.2 Å².